The molecule has 2 unspecified atom stereocenters. The predicted octanol–water partition coefficient (Wildman–Crippen LogP) is 1.64. The molecule has 5 nitrogen and oxygen atoms in total. The Morgan fingerprint density at radius 2 is 1.96 bits per heavy atom. The highest BCUT2D eigenvalue weighted by molar-refractivity contribution is 5.79. The van der Waals surface area contributed by atoms with Gasteiger partial charge in [-0.15, -0.1) is 0 Å². The number of aliphatic hydroxyl groups excluding tert-OH is 1. The molecule has 1 aliphatic carbocycles. The first kappa shape index (κ1) is 16.3. The lowest BCUT2D eigenvalue weighted by atomic mass is 10.0. The summed E-state index contributed by atoms with van der Waals surface area (Å²) in [4.78, 5) is 16.5. The highest BCUT2D eigenvalue weighted by Gasteiger charge is 2.33. The van der Waals surface area contributed by atoms with Gasteiger partial charge < -0.3 is 19.6 Å². The standard InChI is InChI=1S/C18H26N2O3/c1-19(18(22)16-3-2-4-17(16)21)13-14-5-7-15(8-6-14)20-9-11-23-12-10-20/h5-8,16-17,21H,2-4,9-13H2,1H3. The van der Waals surface area contributed by atoms with Crippen molar-refractivity contribution in [3.8, 4) is 0 Å². The van der Waals surface area contributed by atoms with Crippen molar-refractivity contribution in [2.24, 2.45) is 5.92 Å². The quantitative estimate of drug-likeness (QED) is 0.917. The van der Waals surface area contributed by atoms with Crippen LogP contribution < -0.4 is 4.90 Å². The number of ether oxygens (including phenoxy) is 1. The molecule has 23 heavy (non-hydrogen) atoms. The molecule has 126 valence electrons. The predicted molar refractivity (Wildman–Crippen MR) is 89.3 cm³/mol. The van der Waals surface area contributed by atoms with Gasteiger partial charge in [-0.1, -0.05) is 12.1 Å². The van der Waals surface area contributed by atoms with E-state index in [2.05, 4.69) is 29.2 Å². The van der Waals surface area contributed by atoms with E-state index in [9.17, 15) is 9.90 Å². The number of carbonyl (C=O) groups is 1. The molecule has 1 aromatic rings. The molecule has 1 amide bonds. The number of hydrogen-bond acceptors (Lipinski definition) is 4. The van der Waals surface area contributed by atoms with Gasteiger partial charge in [-0.3, -0.25) is 4.79 Å². The van der Waals surface area contributed by atoms with Crippen LogP contribution in [-0.4, -0.2) is 55.4 Å². The maximum Gasteiger partial charge on any atom is 0.228 e. The summed E-state index contributed by atoms with van der Waals surface area (Å²) in [5.74, 6) is -0.153. The van der Waals surface area contributed by atoms with Crippen molar-refractivity contribution in [2.75, 3.05) is 38.3 Å². The third-order valence-electron chi connectivity index (χ3n) is 4.91. The van der Waals surface area contributed by atoms with Gasteiger partial charge in [-0.2, -0.15) is 0 Å². The average molecular weight is 318 g/mol. The topological polar surface area (TPSA) is 53.0 Å². The Morgan fingerprint density at radius 3 is 2.57 bits per heavy atom. The van der Waals surface area contributed by atoms with Crippen LogP contribution in [0, 0.1) is 5.92 Å². The molecule has 0 bridgehead atoms. The molecule has 1 saturated carbocycles. The largest absolute Gasteiger partial charge is 0.392 e. The van der Waals surface area contributed by atoms with Crippen LogP contribution in [0.4, 0.5) is 5.69 Å². The Labute approximate surface area is 137 Å². The molecule has 2 fully saturated rings. The number of rotatable bonds is 4. The van der Waals surface area contributed by atoms with Crippen molar-refractivity contribution in [1.29, 1.82) is 0 Å². The lowest BCUT2D eigenvalue weighted by molar-refractivity contribution is -0.137. The number of aliphatic hydroxyl groups is 1. The first-order valence-corrected chi connectivity index (χ1v) is 8.50. The number of anilines is 1. The van der Waals surface area contributed by atoms with Gasteiger partial charge in [0.15, 0.2) is 0 Å². The van der Waals surface area contributed by atoms with Crippen molar-refractivity contribution in [2.45, 2.75) is 31.9 Å². The monoisotopic (exact) mass is 318 g/mol. The molecule has 0 radical (unpaired) electrons. The van der Waals surface area contributed by atoms with Gasteiger partial charge in [0.25, 0.3) is 0 Å². The highest BCUT2D eigenvalue weighted by Crippen LogP contribution is 2.27. The van der Waals surface area contributed by atoms with Gasteiger partial charge >= 0.3 is 0 Å². The number of morpholine rings is 1. The van der Waals surface area contributed by atoms with E-state index in [1.165, 1.54) is 5.69 Å². The van der Waals surface area contributed by atoms with Crippen LogP contribution in [0.3, 0.4) is 0 Å². The van der Waals surface area contributed by atoms with E-state index < -0.39 is 6.10 Å². The Balaban J connectivity index is 1.58. The summed E-state index contributed by atoms with van der Waals surface area (Å²) < 4.78 is 5.38. The number of carbonyl (C=O) groups excluding carboxylic acids is 1. The van der Waals surface area contributed by atoms with E-state index >= 15 is 0 Å². The Hall–Kier alpha value is -1.59. The average Bonchev–Trinajstić information content (AvgIpc) is 3.01. The number of hydrogen-bond donors (Lipinski definition) is 1. The first-order chi connectivity index (χ1) is 11.1. The fraction of sp³-hybridized carbons (Fsp3) is 0.611. The second-order valence-corrected chi connectivity index (χ2v) is 6.56. The molecule has 1 heterocycles. The van der Waals surface area contributed by atoms with E-state index in [1.807, 2.05) is 7.05 Å². The second kappa shape index (κ2) is 7.32. The molecule has 2 atom stereocenters. The van der Waals surface area contributed by atoms with Crippen LogP contribution in [-0.2, 0) is 16.1 Å². The van der Waals surface area contributed by atoms with Crippen molar-refractivity contribution >= 4 is 11.6 Å². The summed E-state index contributed by atoms with van der Waals surface area (Å²) >= 11 is 0. The Bertz CT molecular complexity index is 526. The molecule has 1 N–H and O–H groups in total. The van der Waals surface area contributed by atoms with Crippen molar-refractivity contribution < 1.29 is 14.6 Å². The van der Waals surface area contributed by atoms with Gasteiger partial charge in [0.2, 0.25) is 5.91 Å². The molecule has 2 aliphatic rings. The normalized spacial score (nSPS) is 24.7. The molecule has 1 aliphatic heterocycles. The molecule has 0 spiro atoms. The number of amides is 1. The van der Waals surface area contributed by atoms with Crippen LogP contribution in [0.15, 0.2) is 24.3 Å². The van der Waals surface area contributed by atoms with Gasteiger partial charge in [0, 0.05) is 32.4 Å². The second-order valence-electron chi connectivity index (χ2n) is 6.56. The summed E-state index contributed by atoms with van der Waals surface area (Å²) in [5.41, 5.74) is 2.32. The van der Waals surface area contributed by atoms with Gasteiger partial charge in [0.05, 0.1) is 25.2 Å². The zero-order chi connectivity index (χ0) is 16.2. The maximum absolute atomic E-state index is 12.4. The van der Waals surface area contributed by atoms with E-state index in [4.69, 9.17) is 4.74 Å². The van der Waals surface area contributed by atoms with Crippen LogP contribution >= 0.6 is 0 Å². The number of benzene rings is 1. The molecule has 1 saturated heterocycles. The molecule has 0 aromatic heterocycles. The summed E-state index contributed by atoms with van der Waals surface area (Å²) in [5, 5.41) is 9.89. The number of nitrogens with zero attached hydrogens (tertiary/aromatic N) is 2. The SMILES string of the molecule is CN(Cc1ccc(N2CCOCC2)cc1)C(=O)C1CCCC1O. The minimum absolute atomic E-state index is 0.0623. The highest BCUT2D eigenvalue weighted by atomic mass is 16.5. The van der Waals surface area contributed by atoms with Crippen molar-refractivity contribution in [3.05, 3.63) is 29.8 Å². The Kier molecular flexibility index (Phi) is 5.18. The van der Waals surface area contributed by atoms with Crippen molar-refractivity contribution in [3.63, 3.8) is 0 Å². The minimum Gasteiger partial charge on any atom is -0.392 e. The van der Waals surface area contributed by atoms with Crippen LogP contribution in [0.5, 0.6) is 0 Å². The fourth-order valence-corrected chi connectivity index (χ4v) is 3.50. The van der Waals surface area contributed by atoms with Gasteiger partial charge in [-0.05, 0) is 37.0 Å². The summed E-state index contributed by atoms with van der Waals surface area (Å²) in [6.45, 7) is 4.01. The lowest BCUT2D eigenvalue weighted by Crippen LogP contribution is -2.36. The minimum atomic E-state index is -0.464. The van der Waals surface area contributed by atoms with Gasteiger partial charge in [-0.25, -0.2) is 0 Å². The van der Waals surface area contributed by atoms with Gasteiger partial charge in [0.1, 0.15) is 0 Å². The third-order valence-corrected chi connectivity index (χ3v) is 4.91. The van der Waals surface area contributed by atoms with E-state index in [0.717, 1.165) is 51.1 Å². The van der Waals surface area contributed by atoms with Crippen molar-refractivity contribution in [1.82, 2.24) is 4.90 Å². The summed E-state index contributed by atoms with van der Waals surface area (Å²) in [6.07, 6.45) is 2.03. The maximum atomic E-state index is 12.4. The van der Waals surface area contributed by atoms with E-state index in [1.54, 1.807) is 4.90 Å². The first-order valence-electron chi connectivity index (χ1n) is 8.50. The molecular weight excluding hydrogens is 292 g/mol. The van der Waals surface area contributed by atoms with E-state index in [-0.39, 0.29) is 11.8 Å². The Morgan fingerprint density at radius 1 is 1.26 bits per heavy atom. The zero-order valence-electron chi connectivity index (χ0n) is 13.8. The van der Waals surface area contributed by atoms with Crippen LogP contribution in [0.25, 0.3) is 0 Å². The summed E-state index contributed by atoms with van der Waals surface area (Å²) in [6, 6.07) is 8.39. The van der Waals surface area contributed by atoms with Crippen LogP contribution in [0.2, 0.25) is 0 Å². The molecule has 5 heteroatoms. The smallest absolute Gasteiger partial charge is 0.228 e. The lowest BCUT2D eigenvalue weighted by Gasteiger charge is -2.29. The fourth-order valence-electron chi connectivity index (χ4n) is 3.50. The summed E-state index contributed by atoms with van der Waals surface area (Å²) in [7, 11) is 1.82. The third kappa shape index (κ3) is 3.85. The van der Waals surface area contributed by atoms with Crippen LogP contribution in [0.1, 0.15) is 24.8 Å². The molecule has 1 aromatic carbocycles. The molecule has 3 rings (SSSR count). The molecular formula is C18H26N2O3. The zero-order valence-corrected chi connectivity index (χ0v) is 13.8. The van der Waals surface area contributed by atoms with E-state index in [0.29, 0.717) is 6.54 Å².